The van der Waals surface area contributed by atoms with Gasteiger partial charge >= 0.3 is 5.97 Å². The molecule has 0 radical (unpaired) electrons. The van der Waals surface area contributed by atoms with Crippen molar-refractivity contribution in [3.8, 4) is 22.5 Å². The number of fused-ring (bicyclic) bond motifs is 2. The first-order valence-corrected chi connectivity index (χ1v) is 20.3. The Labute approximate surface area is 349 Å². The van der Waals surface area contributed by atoms with Crippen LogP contribution in [0, 0.1) is 3.70 Å². The first-order valence-electron chi connectivity index (χ1n) is 19.2. The number of carbonyl (C=O) groups excluding carboxylic acids is 4. The molecular formula is C44H43IN7O6+. The van der Waals surface area contributed by atoms with Crippen LogP contribution in [-0.2, 0) is 27.5 Å². The Morgan fingerprint density at radius 3 is 2.26 bits per heavy atom. The number of nitrogens with zero attached hydrogens (tertiary/aromatic N) is 7. The van der Waals surface area contributed by atoms with E-state index < -0.39 is 17.8 Å². The number of imide groups is 1. The van der Waals surface area contributed by atoms with Gasteiger partial charge in [-0.2, -0.15) is 0 Å². The highest BCUT2D eigenvalue weighted by atomic mass is 125. The number of benzene rings is 4. The van der Waals surface area contributed by atoms with Crippen LogP contribution in [0.1, 0.15) is 59.7 Å². The molecule has 1 aromatic heterocycles. The van der Waals surface area contributed by atoms with Crippen molar-refractivity contribution in [1.29, 1.82) is 0 Å². The first-order chi connectivity index (χ1) is 28.0. The Bertz CT molecular complexity index is 2600. The van der Waals surface area contributed by atoms with E-state index in [1.807, 2.05) is 24.3 Å². The molecule has 13 nitrogen and oxygen atoms in total. The predicted octanol–water partition coefficient (Wildman–Crippen LogP) is 6.38. The number of carbonyl (C=O) groups is 4. The lowest BCUT2D eigenvalue weighted by atomic mass is 9.90. The van der Waals surface area contributed by atoms with E-state index in [0.717, 1.165) is 92.1 Å². The maximum Gasteiger partial charge on any atom is 0.363 e. The van der Waals surface area contributed by atoms with Crippen molar-refractivity contribution in [3.63, 3.8) is 0 Å². The van der Waals surface area contributed by atoms with Gasteiger partial charge in [-0.1, -0.05) is 40.6 Å². The number of anilines is 1. The number of hydrogen-bond donors (Lipinski definition) is 0. The second-order valence-corrected chi connectivity index (χ2v) is 14.8. The summed E-state index contributed by atoms with van der Waals surface area (Å²) in [6, 6.07) is 26.9. The van der Waals surface area contributed by atoms with Crippen molar-refractivity contribution in [2.24, 2.45) is 0 Å². The molecule has 2 aliphatic heterocycles. The quantitative estimate of drug-likeness (QED) is 0.0561. The van der Waals surface area contributed by atoms with Crippen molar-refractivity contribution in [2.75, 3.05) is 38.1 Å². The molecule has 0 fully saturated rings. The lowest BCUT2D eigenvalue weighted by Crippen LogP contribution is -2.32. The van der Waals surface area contributed by atoms with Crippen molar-refractivity contribution in [1.82, 2.24) is 29.5 Å². The highest BCUT2D eigenvalue weighted by Crippen LogP contribution is 2.42. The summed E-state index contributed by atoms with van der Waals surface area (Å²) in [6.07, 6.45) is 2.07. The smallest absolute Gasteiger partial charge is 0.363 e. The third-order valence-electron chi connectivity index (χ3n) is 10.3. The Kier molecular flexibility index (Phi) is 11.8. The van der Waals surface area contributed by atoms with Crippen LogP contribution in [0.3, 0.4) is 0 Å². The van der Waals surface area contributed by atoms with E-state index in [1.54, 1.807) is 40.9 Å². The maximum atomic E-state index is 14.4. The summed E-state index contributed by atoms with van der Waals surface area (Å²) in [4.78, 5) is 59.4. The highest BCUT2D eigenvalue weighted by Gasteiger charge is 2.29. The molecule has 4 aromatic rings. The van der Waals surface area contributed by atoms with Crippen molar-refractivity contribution in [3.05, 3.63) is 129 Å². The molecule has 3 aromatic carbocycles. The summed E-state index contributed by atoms with van der Waals surface area (Å²) in [6.45, 7) is 12.6. The number of amides is 3. The lowest BCUT2D eigenvalue weighted by molar-refractivity contribution is -0.170. The fourth-order valence-electron chi connectivity index (χ4n) is 7.19. The number of aromatic nitrogens is 3. The summed E-state index contributed by atoms with van der Waals surface area (Å²) in [5.41, 5.74) is 6.64. The van der Waals surface area contributed by atoms with Crippen molar-refractivity contribution in [2.45, 2.75) is 40.8 Å². The molecule has 1 aliphatic carbocycles. The van der Waals surface area contributed by atoms with Gasteiger partial charge in [0.2, 0.25) is 5.36 Å². The van der Waals surface area contributed by atoms with Crippen LogP contribution in [0.2, 0.25) is 0 Å². The topological polar surface area (TPSA) is 134 Å². The zero-order chi connectivity index (χ0) is 41.1. The number of hydrogen-bond acceptors (Lipinski definition) is 9. The van der Waals surface area contributed by atoms with Crippen LogP contribution < -0.4 is 14.8 Å². The molecule has 0 spiro atoms. The minimum Gasteiger partial charge on any atom is -0.456 e. The molecule has 3 aliphatic rings. The summed E-state index contributed by atoms with van der Waals surface area (Å²) in [7, 11) is 1.76. The second-order valence-electron chi connectivity index (χ2n) is 13.8. The molecule has 0 unspecified atom stereocenters. The second kappa shape index (κ2) is 17.1. The van der Waals surface area contributed by atoms with Gasteiger partial charge in [-0.15, -0.1) is 5.10 Å². The van der Waals surface area contributed by atoms with Gasteiger partial charge in [0.05, 0.1) is 24.7 Å². The largest absolute Gasteiger partial charge is 0.456 e. The molecule has 0 saturated heterocycles. The van der Waals surface area contributed by atoms with Gasteiger partial charge in [-0.3, -0.25) is 14.4 Å². The third kappa shape index (κ3) is 7.88. The Hall–Kier alpha value is -6.16. The SMILES string of the molecule is CCN(CC)c1ccc2c(-c3ccccc3C(=O)N(C)Cc3nnn(Cc4ccc(C(=O)ON5C(=O)C=CC5=O)cc4)c3[125I])c3ccc(=[N+](CC)CC)cc-3oc2c1. The average molecular weight is 891 g/mol. The number of rotatable bonds is 13. The van der Waals surface area contributed by atoms with Crippen molar-refractivity contribution >= 4 is 62.9 Å². The van der Waals surface area contributed by atoms with Gasteiger partial charge in [0.25, 0.3) is 17.7 Å². The number of hydroxylamine groups is 2. The standard InChI is InChI=1S/C44H43IN7O6/c1-6-49(7-2)30-18-20-34-37(24-30)57-38-25-31(50(8-3)9-4)19-21-35(38)41(34)32-12-10-11-13-33(32)43(55)48(5)27-36-42(45)51(47-46-36)26-28-14-16-29(17-15-28)44(56)58-52-39(53)22-23-40(52)54/h10-25H,6-9,26-27H2,1-5H3/q+1/i45-2. The van der Waals surface area contributed by atoms with Gasteiger partial charge < -0.3 is 19.1 Å². The van der Waals surface area contributed by atoms with E-state index >= 15 is 0 Å². The maximum absolute atomic E-state index is 14.4. The molecule has 0 saturated carbocycles. The molecule has 0 atom stereocenters. The lowest BCUT2D eigenvalue weighted by Gasteiger charge is -2.23. The molecule has 7 rings (SSSR count). The molecular weight excluding hydrogens is 847 g/mol. The zero-order valence-corrected chi connectivity index (χ0v) is 35.1. The van der Waals surface area contributed by atoms with Gasteiger partial charge in [-0.25, -0.2) is 14.1 Å². The summed E-state index contributed by atoms with van der Waals surface area (Å²) >= 11 is 2.18. The summed E-state index contributed by atoms with van der Waals surface area (Å²) in [5, 5.41) is 11.2. The van der Waals surface area contributed by atoms with E-state index in [4.69, 9.17) is 9.25 Å². The summed E-state index contributed by atoms with van der Waals surface area (Å²) in [5.74, 6) is -1.69. The van der Waals surface area contributed by atoms with E-state index in [-0.39, 0.29) is 18.0 Å². The molecule has 296 valence electrons. The predicted molar refractivity (Wildman–Crippen MR) is 229 cm³/mol. The fourth-order valence-corrected chi connectivity index (χ4v) is 7.73. The van der Waals surface area contributed by atoms with Gasteiger partial charge in [0.15, 0.2) is 0 Å². The van der Waals surface area contributed by atoms with Crippen LogP contribution in [0.4, 0.5) is 5.69 Å². The van der Waals surface area contributed by atoms with Crippen LogP contribution in [0.5, 0.6) is 0 Å². The Morgan fingerprint density at radius 2 is 1.57 bits per heavy atom. The minimum absolute atomic E-state index is 0.168. The normalized spacial score (nSPS) is 12.5. The van der Waals surface area contributed by atoms with E-state index in [2.05, 4.69) is 106 Å². The van der Waals surface area contributed by atoms with Gasteiger partial charge in [-0.05, 0) is 97.8 Å². The van der Waals surface area contributed by atoms with Crippen LogP contribution in [0.15, 0.2) is 101 Å². The average Bonchev–Trinajstić information content (AvgIpc) is 3.75. The molecule has 3 amide bonds. The Morgan fingerprint density at radius 1 is 0.862 bits per heavy atom. The van der Waals surface area contributed by atoms with Gasteiger partial charge in [0.1, 0.15) is 33.8 Å². The first kappa shape index (κ1) is 40.1. The molecule has 0 N–H and O–H groups in total. The molecule has 14 heteroatoms. The monoisotopic (exact) mass is 890 g/mol. The minimum atomic E-state index is -0.832. The highest BCUT2D eigenvalue weighted by molar-refractivity contribution is 14.1. The summed E-state index contributed by atoms with van der Waals surface area (Å²) < 4.78 is 11.4. The number of halogens is 1. The molecule has 3 heterocycles. The van der Waals surface area contributed by atoms with Crippen LogP contribution in [0.25, 0.3) is 33.4 Å². The van der Waals surface area contributed by atoms with E-state index in [9.17, 15) is 19.2 Å². The molecule has 0 bridgehead atoms. The van der Waals surface area contributed by atoms with E-state index in [0.29, 0.717) is 22.9 Å². The molecule has 58 heavy (non-hydrogen) atoms. The van der Waals surface area contributed by atoms with Crippen LogP contribution >= 0.6 is 22.6 Å². The Balaban J connectivity index is 1.16. The fraction of sp³-hybridized carbons (Fsp3) is 0.250. The third-order valence-corrected chi connectivity index (χ3v) is 11.5. The van der Waals surface area contributed by atoms with Crippen molar-refractivity contribution < 1.29 is 28.4 Å². The van der Waals surface area contributed by atoms with Gasteiger partial charge in [0, 0.05) is 72.2 Å². The van der Waals surface area contributed by atoms with Crippen LogP contribution in [-0.4, -0.2) is 81.9 Å². The van der Waals surface area contributed by atoms with E-state index in [1.165, 1.54) is 0 Å². The zero-order valence-electron chi connectivity index (χ0n) is 32.9.